The van der Waals surface area contributed by atoms with E-state index in [0.717, 1.165) is 38.4 Å². The Morgan fingerprint density at radius 2 is 2.00 bits per heavy atom. The summed E-state index contributed by atoms with van der Waals surface area (Å²) in [5.41, 5.74) is 0. The zero-order valence-electron chi connectivity index (χ0n) is 14.3. The number of hydrogen-bond acceptors (Lipinski definition) is 3. The zero-order chi connectivity index (χ0) is 15.9. The minimum Gasteiger partial charge on any atom is -0.396 e. The Balaban J connectivity index is 4.20. The molecule has 0 saturated carbocycles. The molecule has 126 valence electrons. The third-order valence-corrected chi connectivity index (χ3v) is 3.96. The minimum atomic E-state index is 0.256. The SMILES string of the molecule is CCNC(=NCC(CCO)CC(C)C)NCCCCSC. The molecule has 0 spiro atoms. The highest BCUT2D eigenvalue weighted by atomic mass is 32.2. The van der Waals surface area contributed by atoms with Crippen LogP contribution < -0.4 is 10.6 Å². The van der Waals surface area contributed by atoms with Crippen molar-refractivity contribution in [2.24, 2.45) is 16.8 Å². The molecule has 0 rings (SSSR count). The molecule has 0 amide bonds. The summed E-state index contributed by atoms with van der Waals surface area (Å²) >= 11 is 1.90. The molecule has 0 saturated heterocycles. The fourth-order valence-corrected chi connectivity index (χ4v) is 2.77. The Bertz CT molecular complexity index is 260. The maximum Gasteiger partial charge on any atom is 0.191 e. The second-order valence-corrected chi connectivity index (χ2v) is 6.84. The molecule has 0 bridgehead atoms. The van der Waals surface area contributed by atoms with Crippen LogP contribution in [0.5, 0.6) is 0 Å². The number of hydrogen-bond donors (Lipinski definition) is 3. The molecule has 21 heavy (non-hydrogen) atoms. The second-order valence-electron chi connectivity index (χ2n) is 5.85. The van der Waals surface area contributed by atoms with E-state index in [9.17, 15) is 0 Å². The van der Waals surface area contributed by atoms with Crippen LogP contribution in [0.4, 0.5) is 0 Å². The van der Waals surface area contributed by atoms with Gasteiger partial charge in [0, 0.05) is 26.2 Å². The smallest absolute Gasteiger partial charge is 0.191 e. The van der Waals surface area contributed by atoms with Crippen LogP contribution in [0.2, 0.25) is 0 Å². The van der Waals surface area contributed by atoms with Gasteiger partial charge >= 0.3 is 0 Å². The van der Waals surface area contributed by atoms with Gasteiger partial charge < -0.3 is 15.7 Å². The van der Waals surface area contributed by atoms with Gasteiger partial charge in [-0.3, -0.25) is 4.99 Å². The van der Waals surface area contributed by atoms with Crippen molar-refractivity contribution < 1.29 is 5.11 Å². The summed E-state index contributed by atoms with van der Waals surface area (Å²) in [5, 5.41) is 15.9. The van der Waals surface area contributed by atoms with Crippen LogP contribution in [0.1, 0.15) is 46.5 Å². The number of aliphatic hydroxyl groups is 1. The van der Waals surface area contributed by atoms with Crippen molar-refractivity contribution in [2.45, 2.75) is 46.5 Å². The Kier molecular flexibility index (Phi) is 14.2. The Morgan fingerprint density at radius 3 is 2.57 bits per heavy atom. The number of aliphatic hydroxyl groups excluding tert-OH is 1. The first-order chi connectivity index (χ1) is 10.1. The monoisotopic (exact) mass is 317 g/mol. The van der Waals surface area contributed by atoms with Crippen LogP contribution in [0.15, 0.2) is 4.99 Å². The van der Waals surface area contributed by atoms with Crippen molar-refractivity contribution in [2.75, 3.05) is 38.2 Å². The van der Waals surface area contributed by atoms with Gasteiger partial charge in [0.15, 0.2) is 5.96 Å². The first-order valence-corrected chi connectivity index (χ1v) is 9.65. The molecule has 0 aromatic heterocycles. The summed E-state index contributed by atoms with van der Waals surface area (Å²) in [7, 11) is 0. The van der Waals surface area contributed by atoms with Gasteiger partial charge in [-0.05, 0) is 56.5 Å². The number of thioether (sulfide) groups is 1. The van der Waals surface area contributed by atoms with Gasteiger partial charge in [-0.1, -0.05) is 13.8 Å². The van der Waals surface area contributed by atoms with E-state index in [1.807, 2.05) is 11.8 Å². The normalized spacial score (nSPS) is 13.5. The maximum absolute atomic E-state index is 9.16. The molecule has 4 nitrogen and oxygen atoms in total. The molecule has 0 aromatic carbocycles. The number of nitrogens with zero attached hydrogens (tertiary/aromatic N) is 1. The molecule has 1 unspecified atom stereocenters. The quantitative estimate of drug-likeness (QED) is 0.294. The molecular weight excluding hydrogens is 282 g/mol. The lowest BCUT2D eigenvalue weighted by atomic mass is 9.94. The van der Waals surface area contributed by atoms with Crippen LogP contribution in [0.25, 0.3) is 0 Å². The summed E-state index contributed by atoms with van der Waals surface area (Å²) in [5.74, 6) is 3.26. The number of unbranched alkanes of at least 4 members (excludes halogenated alkanes) is 1. The zero-order valence-corrected chi connectivity index (χ0v) is 15.1. The fraction of sp³-hybridized carbons (Fsp3) is 0.938. The van der Waals surface area contributed by atoms with Crippen molar-refractivity contribution in [3.63, 3.8) is 0 Å². The summed E-state index contributed by atoms with van der Waals surface area (Å²) in [6.45, 7) is 9.44. The minimum absolute atomic E-state index is 0.256. The van der Waals surface area contributed by atoms with E-state index in [-0.39, 0.29) is 6.61 Å². The lowest BCUT2D eigenvalue weighted by Gasteiger charge is -2.17. The maximum atomic E-state index is 9.16. The van der Waals surface area contributed by atoms with Crippen LogP contribution in [0.3, 0.4) is 0 Å². The topological polar surface area (TPSA) is 56.7 Å². The Labute approximate surface area is 135 Å². The number of nitrogens with one attached hydrogen (secondary N) is 2. The van der Waals surface area contributed by atoms with Crippen LogP contribution >= 0.6 is 11.8 Å². The van der Waals surface area contributed by atoms with E-state index in [4.69, 9.17) is 5.11 Å². The molecular formula is C16H35N3OS. The van der Waals surface area contributed by atoms with Gasteiger partial charge in [-0.25, -0.2) is 0 Å². The Morgan fingerprint density at radius 1 is 1.24 bits per heavy atom. The van der Waals surface area contributed by atoms with Crippen LogP contribution in [-0.2, 0) is 0 Å². The van der Waals surface area contributed by atoms with Gasteiger partial charge in [0.1, 0.15) is 0 Å². The molecule has 0 aliphatic carbocycles. The molecule has 0 fully saturated rings. The molecule has 0 heterocycles. The third-order valence-electron chi connectivity index (χ3n) is 3.26. The highest BCUT2D eigenvalue weighted by Crippen LogP contribution is 2.15. The van der Waals surface area contributed by atoms with Crippen LogP contribution in [-0.4, -0.2) is 49.3 Å². The highest BCUT2D eigenvalue weighted by Gasteiger charge is 2.10. The van der Waals surface area contributed by atoms with E-state index < -0.39 is 0 Å². The summed E-state index contributed by atoms with van der Waals surface area (Å²) < 4.78 is 0. The average Bonchev–Trinajstić information content (AvgIpc) is 2.43. The predicted octanol–water partition coefficient (Wildman–Crippen LogP) is 2.73. The first-order valence-electron chi connectivity index (χ1n) is 8.25. The second kappa shape index (κ2) is 14.5. The highest BCUT2D eigenvalue weighted by molar-refractivity contribution is 7.98. The number of guanidine groups is 1. The van der Waals surface area contributed by atoms with E-state index in [1.54, 1.807) is 0 Å². The van der Waals surface area contributed by atoms with E-state index in [1.165, 1.54) is 18.6 Å². The summed E-state index contributed by atoms with van der Waals surface area (Å²) in [6.07, 6.45) is 6.53. The third kappa shape index (κ3) is 13.0. The van der Waals surface area contributed by atoms with E-state index >= 15 is 0 Å². The van der Waals surface area contributed by atoms with Gasteiger partial charge in [0.25, 0.3) is 0 Å². The lowest BCUT2D eigenvalue weighted by molar-refractivity contribution is 0.245. The van der Waals surface area contributed by atoms with Crippen molar-refractivity contribution in [1.82, 2.24) is 10.6 Å². The molecule has 0 radical (unpaired) electrons. The standard InChI is InChI=1S/C16H35N3OS/c1-5-17-16(18-9-6-7-11-21-4)19-13-15(8-10-20)12-14(2)3/h14-15,20H,5-13H2,1-4H3,(H2,17,18,19). The summed E-state index contributed by atoms with van der Waals surface area (Å²) in [4.78, 5) is 4.68. The van der Waals surface area contributed by atoms with E-state index in [0.29, 0.717) is 11.8 Å². The van der Waals surface area contributed by atoms with Gasteiger partial charge in [-0.15, -0.1) is 0 Å². The van der Waals surface area contributed by atoms with Crippen molar-refractivity contribution in [1.29, 1.82) is 0 Å². The predicted molar refractivity (Wildman–Crippen MR) is 96.2 cm³/mol. The molecule has 1 atom stereocenters. The fourth-order valence-electron chi connectivity index (χ4n) is 2.27. The number of rotatable bonds is 12. The van der Waals surface area contributed by atoms with Crippen molar-refractivity contribution in [3.8, 4) is 0 Å². The molecule has 3 N–H and O–H groups in total. The Hall–Kier alpha value is -0.420. The number of aliphatic imine (C=N–C) groups is 1. The van der Waals surface area contributed by atoms with Gasteiger partial charge in [0.05, 0.1) is 0 Å². The lowest BCUT2D eigenvalue weighted by Crippen LogP contribution is -2.38. The molecule has 0 aromatic rings. The van der Waals surface area contributed by atoms with Crippen molar-refractivity contribution in [3.05, 3.63) is 0 Å². The molecule has 0 aliphatic heterocycles. The van der Waals surface area contributed by atoms with Crippen molar-refractivity contribution >= 4 is 17.7 Å². The molecule has 5 heteroatoms. The van der Waals surface area contributed by atoms with E-state index in [2.05, 4.69) is 42.7 Å². The first kappa shape index (κ1) is 20.6. The molecule has 0 aliphatic rings. The largest absolute Gasteiger partial charge is 0.396 e. The average molecular weight is 318 g/mol. The van der Waals surface area contributed by atoms with Crippen LogP contribution in [0, 0.1) is 11.8 Å². The van der Waals surface area contributed by atoms with Gasteiger partial charge in [0.2, 0.25) is 0 Å². The summed E-state index contributed by atoms with van der Waals surface area (Å²) in [6, 6.07) is 0. The van der Waals surface area contributed by atoms with Gasteiger partial charge in [-0.2, -0.15) is 11.8 Å².